The van der Waals surface area contributed by atoms with Crippen molar-refractivity contribution in [3.8, 4) is 11.5 Å². The predicted octanol–water partition coefficient (Wildman–Crippen LogP) is 4.62. The summed E-state index contributed by atoms with van der Waals surface area (Å²) in [6.45, 7) is 8.76. The summed E-state index contributed by atoms with van der Waals surface area (Å²) in [7, 11) is 0. The van der Waals surface area contributed by atoms with E-state index in [1.54, 1.807) is 0 Å². The Hall–Kier alpha value is -2.24. The first-order valence-corrected chi connectivity index (χ1v) is 9.67. The molecule has 0 spiro atoms. The number of rotatable bonds is 12. The molecule has 152 valence electrons. The molecule has 1 rings (SSSR count). The summed E-state index contributed by atoms with van der Waals surface area (Å²) in [6.07, 6.45) is 5.93. The van der Waals surface area contributed by atoms with E-state index in [2.05, 4.69) is 6.92 Å². The summed E-state index contributed by atoms with van der Waals surface area (Å²) in [5.41, 5.74) is 0.165. The molecule has 0 fully saturated rings. The maximum Gasteiger partial charge on any atom is 0.303 e. The number of benzene rings is 1. The summed E-state index contributed by atoms with van der Waals surface area (Å²) in [4.78, 5) is 10.5. The maximum atomic E-state index is 12.3. The Morgan fingerprint density at radius 3 is 2.48 bits per heavy atom. The Morgan fingerprint density at radius 2 is 1.85 bits per heavy atom. The molecule has 27 heavy (non-hydrogen) atoms. The highest BCUT2D eigenvalue weighted by molar-refractivity contribution is 5.80. The summed E-state index contributed by atoms with van der Waals surface area (Å²) in [5.74, 6) is 0.546. The highest BCUT2D eigenvalue weighted by Crippen LogP contribution is 2.25. The van der Waals surface area contributed by atoms with E-state index >= 15 is 0 Å². The van der Waals surface area contributed by atoms with Crippen molar-refractivity contribution in [1.82, 2.24) is 0 Å². The standard InChI is InChI=1S/C21H33NO5/c1-5-6-13-26-18-12-11-17(16-22(25)21(2,3)4)19(15-18)27-14-9-7-8-10-20(23)24/h11-12,15-16H,5-10,13-14H2,1-4H3,(H,23,24)/b22-16-. The lowest BCUT2D eigenvalue weighted by molar-refractivity contribution is -0.530. The van der Waals surface area contributed by atoms with E-state index < -0.39 is 11.5 Å². The normalized spacial score (nSPS) is 12.1. The third-order valence-corrected chi connectivity index (χ3v) is 3.96. The number of hydroxylamine groups is 1. The Kier molecular flexibility index (Phi) is 9.68. The van der Waals surface area contributed by atoms with Gasteiger partial charge in [0.25, 0.3) is 0 Å². The molecule has 6 heteroatoms. The van der Waals surface area contributed by atoms with Gasteiger partial charge in [0.2, 0.25) is 0 Å². The van der Waals surface area contributed by atoms with Crippen molar-refractivity contribution in [3.05, 3.63) is 29.0 Å². The number of aliphatic carboxylic acids is 1. The van der Waals surface area contributed by atoms with Gasteiger partial charge in [-0.2, -0.15) is 0 Å². The second-order valence-electron chi connectivity index (χ2n) is 7.58. The maximum absolute atomic E-state index is 12.3. The quantitative estimate of drug-likeness (QED) is 0.188. The molecule has 0 heterocycles. The zero-order chi connectivity index (χ0) is 20.3. The number of ether oxygens (including phenoxy) is 2. The minimum Gasteiger partial charge on any atom is -0.623 e. The molecule has 1 aromatic rings. The van der Waals surface area contributed by atoms with Crippen LogP contribution in [0.3, 0.4) is 0 Å². The van der Waals surface area contributed by atoms with Crippen molar-refractivity contribution in [2.45, 2.75) is 71.8 Å². The van der Waals surface area contributed by atoms with E-state index in [0.29, 0.717) is 30.9 Å². The third-order valence-electron chi connectivity index (χ3n) is 3.96. The van der Waals surface area contributed by atoms with Crippen molar-refractivity contribution in [1.29, 1.82) is 0 Å². The van der Waals surface area contributed by atoms with Gasteiger partial charge < -0.3 is 19.8 Å². The molecule has 0 aliphatic carbocycles. The molecule has 0 bridgehead atoms. The van der Waals surface area contributed by atoms with Crippen molar-refractivity contribution < 1.29 is 24.1 Å². The van der Waals surface area contributed by atoms with Crippen LogP contribution < -0.4 is 9.47 Å². The zero-order valence-corrected chi connectivity index (χ0v) is 17.0. The first-order valence-electron chi connectivity index (χ1n) is 9.67. The fourth-order valence-electron chi connectivity index (χ4n) is 2.23. The number of carboxylic acid groups (broad SMARTS) is 1. The van der Waals surface area contributed by atoms with Gasteiger partial charge in [-0.05, 0) is 37.8 Å². The number of nitrogens with zero attached hydrogens (tertiary/aromatic N) is 1. The van der Waals surface area contributed by atoms with Crippen LogP contribution in [0.4, 0.5) is 0 Å². The van der Waals surface area contributed by atoms with Crippen molar-refractivity contribution >= 4 is 12.2 Å². The highest BCUT2D eigenvalue weighted by atomic mass is 16.5. The van der Waals surface area contributed by atoms with Crippen molar-refractivity contribution in [2.75, 3.05) is 13.2 Å². The van der Waals surface area contributed by atoms with Crippen LogP contribution in [0.15, 0.2) is 18.2 Å². The molecule has 0 radical (unpaired) electrons. The van der Waals surface area contributed by atoms with E-state index in [4.69, 9.17) is 14.6 Å². The number of hydrogen-bond acceptors (Lipinski definition) is 4. The van der Waals surface area contributed by atoms with Gasteiger partial charge in [-0.25, -0.2) is 4.74 Å². The second kappa shape index (κ2) is 11.5. The van der Waals surface area contributed by atoms with Crippen LogP contribution >= 0.6 is 0 Å². The van der Waals surface area contributed by atoms with Gasteiger partial charge >= 0.3 is 5.97 Å². The molecular weight excluding hydrogens is 346 g/mol. The highest BCUT2D eigenvalue weighted by Gasteiger charge is 2.19. The van der Waals surface area contributed by atoms with Gasteiger partial charge in [-0.3, -0.25) is 4.79 Å². The second-order valence-corrected chi connectivity index (χ2v) is 7.58. The minimum atomic E-state index is -0.776. The lowest BCUT2D eigenvalue weighted by atomic mass is 10.1. The largest absolute Gasteiger partial charge is 0.623 e. The fraction of sp³-hybridized carbons (Fsp3) is 0.619. The van der Waals surface area contributed by atoms with Crippen LogP contribution in [0.1, 0.15) is 71.8 Å². The molecule has 1 N–H and O–H groups in total. The zero-order valence-electron chi connectivity index (χ0n) is 17.0. The Labute approximate surface area is 162 Å². The van der Waals surface area contributed by atoms with E-state index in [1.807, 2.05) is 39.0 Å². The summed E-state index contributed by atoms with van der Waals surface area (Å²) < 4.78 is 12.5. The Balaban J connectivity index is 2.80. The Bertz CT molecular complexity index is 619. The molecular formula is C21H33NO5. The number of unbranched alkanes of at least 4 members (excludes halogenated alkanes) is 3. The average Bonchev–Trinajstić information content (AvgIpc) is 2.58. The van der Waals surface area contributed by atoms with Crippen LogP contribution in [0.25, 0.3) is 0 Å². The van der Waals surface area contributed by atoms with Crippen LogP contribution in [0.5, 0.6) is 11.5 Å². The molecule has 0 aliphatic heterocycles. The summed E-state index contributed by atoms with van der Waals surface area (Å²) >= 11 is 0. The van der Waals surface area contributed by atoms with E-state index in [-0.39, 0.29) is 6.42 Å². The van der Waals surface area contributed by atoms with Gasteiger partial charge in [0.1, 0.15) is 11.5 Å². The third kappa shape index (κ3) is 9.31. The van der Waals surface area contributed by atoms with Crippen LogP contribution in [-0.4, -0.2) is 40.8 Å². The summed E-state index contributed by atoms with van der Waals surface area (Å²) in [6, 6.07) is 5.49. The summed E-state index contributed by atoms with van der Waals surface area (Å²) in [5, 5.41) is 20.9. The predicted molar refractivity (Wildman–Crippen MR) is 107 cm³/mol. The first-order chi connectivity index (χ1) is 12.7. The lowest BCUT2D eigenvalue weighted by Crippen LogP contribution is -2.29. The number of hydrogen-bond donors (Lipinski definition) is 1. The minimum absolute atomic E-state index is 0.177. The van der Waals surface area contributed by atoms with Gasteiger partial charge in [-0.15, -0.1) is 0 Å². The van der Waals surface area contributed by atoms with Gasteiger partial charge in [0.05, 0.1) is 18.8 Å². The molecule has 0 saturated carbocycles. The molecule has 0 aliphatic rings. The van der Waals surface area contributed by atoms with Gasteiger partial charge in [-0.1, -0.05) is 13.3 Å². The van der Waals surface area contributed by atoms with Crippen molar-refractivity contribution in [2.24, 2.45) is 0 Å². The number of carbonyl (C=O) groups is 1. The molecule has 0 aromatic heterocycles. The smallest absolute Gasteiger partial charge is 0.303 e. The van der Waals surface area contributed by atoms with Gasteiger partial charge in [0, 0.05) is 33.3 Å². The monoisotopic (exact) mass is 379 g/mol. The van der Waals surface area contributed by atoms with Crippen LogP contribution in [-0.2, 0) is 4.79 Å². The van der Waals surface area contributed by atoms with Gasteiger partial charge in [0.15, 0.2) is 11.8 Å². The SMILES string of the molecule is CCCCOc1ccc(/C=[N+](\[O-])C(C)(C)C)c(OCCCCCC(=O)O)c1. The van der Waals surface area contributed by atoms with E-state index in [9.17, 15) is 10.0 Å². The molecule has 0 unspecified atom stereocenters. The van der Waals surface area contributed by atoms with Crippen molar-refractivity contribution in [3.63, 3.8) is 0 Å². The van der Waals surface area contributed by atoms with Crippen LogP contribution in [0, 0.1) is 5.21 Å². The first kappa shape index (κ1) is 22.8. The molecule has 0 saturated heterocycles. The van der Waals surface area contributed by atoms with E-state index in [1.165, 1.54) is 6.21 Å². The topological polar surface area (TPSA) is 81.8 Å². The lowest BCUT2D eigenvalue weighted by Gasteiger charge is -2.19. The average molecular weight is 379 g/mol. The molecule has 6 nitrogen and oxygen atoms in total. The molecule has 0 atom stereocenters. The molecule has 0 amide bonds. The fourth-order valence-corrected chi connectivity index (χ4v) is 2.23. The van der Waals surface area contributed by atoms with E-state index in [0.717, 1.165) is 36.2 Å². The van der Waals surface area contributed by atoms with Crippen LogP contribution in [0.2, 0.25) is 0 Å². The Morgan fingerprint density at radius 1 is 1.15 bits per heavy atom. The number of carboxylic acids is 1. The molecule has 1 aromatic carbocycles.